The van der Waals surface area contributed by atoms with E-state index in [1.54, 1.807) is 0 Å². The third-order valence-electron chi connectivity index (χ3n) is 4.20. The minimum Gasteiger partial charge on any atom is -0.476 e. The summed E-state index contributed by atoms with van der Waals surface area (Å²) in [6, 6.07) is -0.285. The number of amides is 1. The Morgan fingerprint density at radius 3 is 2.67 bits per heavy atom. The standard InChI is InChI=1S/C14H21N3O3S/c1-8(2)14(4-5-15-7-14)13(20)16-9(3)11-17-10(6-21-11)12(18)19/h6,8-9,15H,4-5,7H2,1-3H3,(H,16,20)(H,18,19). The van der Waals surface area contributed by atoms with Gasteiger partial charge in [0, 0.05) is 11.9 Å². The topological polar surface area (TPSA) is 91.3 Å². The number of nitrogens with zero attached hydrogens (tertiary/aromatic N) is 1. The molecule has 1 aromatic heterocycles. The average Bonchev–Trinajstić information content (AvgIpc) is 3.08. The Labute approximate surface area is 128 Å². The Bertz CT molecular complexity index is 535. The molecule has 7 heteroatoms. The van der Waals surface area contributed by atoms with Gasteiger partial charge in [-0.2, -0.15) is 0 Å². The molecule has 0 bridgehead atoms. The van der Waals surface area contributed by atoms with Gasteiger partial charge in [-0.3, -0.25) is 4.79 Å². The van der Waals surface area contributed by atoms with Crippen molar-refractivity contribution in [2.24, 2.45) is 11.3 Å². The Morgan fingerprint density at radius 2 is 2.19 bits per heavy atom. The van der Waals surface area contributed by atoms with Crippen molar-refractivity contribution in [1.29, 1.82) is 0 Å². The molecule has 0 radical (unpaired) electrons. The van der Waals surface area contributed by atoms with Crippen LogP contribution >= 0.6 is 11.3 Å². The molecule has 3 N–H and O–H groups in total. The van der Waals surface area contributed by atoms with Crippen LogP contribution in [0.15, 0.2) is 5.38 Å². The summed E-state index contributed by atoms with van der Waals surface area (Å²) < 4.78 is 0. The maximum atomic E-state index is 12.6. The number of rotatable bonds is 5. The molecule has 2 unspecified atom stereocenters. The number of nitrogens with one attached hydrogen (secondary N) is 2. The van der Waals surface area contributed by atoms with Gasteiger partial charge in [-0.25, -0.2) is 9.78 Å². The van der Waals surface area contributed by atoms with Crippen molar-refractivity contribution < 1.29 is 14.7 Å². The zero-order valence-electron chi connectivity index (χ0n) is 12.5. The summed E-state index contributed by atoms with van der Waals surface area (Å²) in [5.74, 6) is -0.790. The van der Waals surface area contributed by atoms with Crippen LogP contribution in [0.2, 0.25) is 0 Å². The summed E-state index contributed by atoms with van der Waals surface area (Å²) in [6.07, 6.45) is 0.821. The van der Waals surface area contributed by atoms with Crippen LogP contribution in [-0.4, -0.2) is 35.1 Å². The van der Waals surface area contributed by atoms with Crippen LogP contribution in [0.3, 0.4) is 0 Å². The second-order valence-electron chi connectivity index (χ2n) is 5.81. The summed E-state index contributed by atoms with van der Waals surface area (Å²) in [5.41, 5.74) is -0.363. The number of carbonyl (C=O) groups is 2. The van der Waals surface area contributed by atoms with Crippen molar-refractivity contribution >= 4 is 23.2 Å². The summed E-state index contributed by atoms with van der Waals surface area (Å²) >= 11 is 1.26. The van der Waals surface area contributed by atoms with Gasteiger partial charge in [0.15, 0.2) is 5.69 Å². The maximum absolute atomic E-state index is 12.6. The highest BCUT2D eigenvalue weighted by atomic mass is 32.1. The lowest BCUT2D eigenvalue weighted by molar-refractivity contribution is -0.133. The van der Waals surface area contributed by atoms with Crippen molar-refractivity contribution in [3.8, 4) is 0 Å². The van der Waals surface area contributed by atoms with Gasteiger partial charge in [0.1, 0.15) is 5.01 Å². The number of aromatic carboxylic acids is 1. The first kappa shape index (κ1) is 15.9. The molecule has 0 saturated carbocycles. The number of hydrogen-bond acceptors (Lipinski definition) is 5. The van der Waals surface area contributed by atoms with Crippen LogP contribution in [0.25, 0.3) is 0 Å². The van der Waals surface area contributed by atoms with Crippen LogP contribution < -0.4 is 10.6 Å². The number of hydrogen-bond donors (Lipinski definition) is 3. The monoisotopic (exact) mass is 311 g/mol. The summed E-state index contributed by atoms with van der Waals surface area (Å²) in [7, 11) is 0. The third kappa shape index (κ3) is 3.08. The highest BCUT2D eigenvalue weighted by Crippen LogP contribution is 2.35. The average molecular weight is 311 g/mol. The van der Waals surface area contributed by atoms with E-state index in [1.807, 2.05) is 6.92 Å². The van der Waals surface area contributed by atoms with Gasteiger partial charge in [0.25, 0.3) is 0 Å². The van der Waals surface area contributed by atoms with E-state index in [-0.39, 0.29) is 29.0 Å². The van der Waals surface area contributed by atoms with Gasteiger partial charge in [0.2, 0.25) is 5.91 Å². The van der Waals surface area contributed by atoms with E-state index in [9.17, 15) is 9.59 Å². The van der Waals surface area contributed by atoms with Gasteiger partial charge in [-0.05, 0) is 25.8 Å². The van der Waals surface area contributed by atoms with E-state index < -0.39 is 5.97 Å². The van der Waals surface area contributed by atoms with E-state index in [0.717, 1.165) is 13.0 Å². The number of carboxylic acids is 1. The van der Waals surface area contributed by atoms with Crippen molar-refractivity contribution in [2.45, 2.75) is 33.2 Å². The van der Waals surface area contributed by atoms with Crippen LogP contribution in [0, 0.1) is 11.3 Å². The lowest BCUT2D eigenvalue weighted by atomic mass is 9.75. The van der Waals surface area contributed by atoms with Crippen LogP contribution in [0.4, 0.5) is 0 Å². The van der Waals surface area contributed by atoms with Crippen LogP contribution in [0.1, 0.15) is 48.7 Å². The van der Waals surface area contributed by atoms with E-state index in [2.05, 4.69) is 29.5 Å². The van der Waals surface area contributed by atoms with Gasteiger partial charge >= 0.3 is 5.97 Å². The van der Waals surface area contributed by atoms with Gasteiger partial charge in [0.05, 0.1) is 11.5 Å². The van der Waals surface area contributed by atoms with Gasteiger partial charge < -0.3 is 15.7 Å². The molecule has 2 heterocycles. The second-order valence-corrected chi connectivity index (χ2v) is 6.70. The zero-order chi connectivity index (χ0) is 15.6. The summed E-state index contributed by atoms with van der Waals surface area (Å²) in [4.78, 5) is 27.5. The molecule has 0 aromatic carbocycles. The number of carboxylic acid groups (broad SMARTS) is 1. The van der Waals surface area contributed by atoms with E-state index in [1.165, 1.54) is 16.7 Å². The Hall–Kier alpha value is -1.47. The largest absolute Gasteiger partial charge is 0.476 e. The fourth-order valence-corrected chi connectivity index (χ4v) is 3.45. The molecule has 1 fully saturated rings. The summed E-state index contributed by atoms with van der Waals surface area (Å²) in [6.45, 7) is 7.48. The molecule has 0 aliphatic carbocycles. The first-order valence-electron chi connectivity index (χ1n) is 7.07. The first-order chi connectivity index (χ1) is 9.86. The van der Waals surface area contributed by atoms with E-state index in [0.29, 0.717) is 11.6 Å². The molecule has 2 atom stereocenters. The van der Waals surface area contributed by atoms with Crippen LogP contribution in [0.5, 0.6) is 0 Å². The SMILES string of the molecule is CC(NC(=O)C1(C(C)C)CCNC1)c1nc(C(=O)O)cs1. The molecule has 0 spiro atoms. The van der Waals surface area contributed by atoms with E-state index >= 15 is 0 Å². The highest BCUT2D eigenvalue weighted by molar-refractivity contribution is 7.09. The molecule has 6 nitrogen and oxygen atoms in total. The summed E-state index contributed by atoms with van der Waals surface area (Å²) in [5, 5.41) is 17.3. The van der Waals surface area contributed by atoms with Crippen molar-refractivity contribution in [3.63, 3.8) is 0 Å². The smallest absolute Gasteiger partial charge is 0.355 e. The predicted octanol–water partition coefficient (Wildman–Crippen LogP) is 1.65. The zero-order valence-corrected chi connectivity index (χ0v) is 13.3. The first-order valence-corrected chi connectivity index (χ1v) is 7.95. The molecule has 1 aromatic rings. The molecule has 1 saturated heterocycles. The van der Waals surface area contributed by atoms with Gasteiger partial charge in [-0.15, -0.1) is 11.3 Å². The molecule has 1 amide bonds. The third-order valence-corrected chi connectivity index (χ3v) is 5.23. The minimum absolute atomic E-state index is 0.0158. The molecule has 21 heavy (non-hydrogen) atoms. The van der Waals surface area contributed by atoms with Crippen molar-refractivity contribution in [3.05, 3.63) is 16.1 Å². The Balaban J connectivity index is 2.09. The Kier molecular flexibility index (Phi) is 4.63. The minimum atomic E-state index is -1.05. The van der Waals surface area contributed by atoms with Gasteiger partial charge in [-0.1, -0.05) is 13.8 Å². The molecule has 1 aliphatic heterocycles. The molecule has 116 valence electrons. The second kappa shape index (κ2) is 6.11. The van der Waals surface area contributed by atoms with Crippen molar-refractivity contribution in [2.75, 3.05) is 13.1 Å². The lowest BCUT2D eigenvalue weighted by Crippen LogP contribution is -2.46. The highest BCUT2D eigenvalue weighted by Gasteiger charge is 2.44. The van der Waals surface area contributed by atoms with Crippen molar-refractivity contribution in [1.82, 2.24) is 15.6 Å². The number of carbonyl (C=O) groups excluding carboxylic acids is 1. The number of aromatic nitrogens is 1. The normalized spacial score (nSPS) is 23.2. The quantitative estimate of drug-likeness (QED) is 0.769. The molecule has 1 aliphatic rings. The Morgan fingerprint density at radius 1 is 1.48 bits per heavy atom. The number of thiazole rings is 1. The van der Waals surface area contributed by atoms with E-state index in [4.69, 9.17) is 5.11 Å². The predicted molar refractivity (Wildman–Crippen MR) is 80.4 cm³/mol. The maximum Gasteiger partial charge on any atom is 0.355 e. The lowest BCUT2D eigenvalue weighted by Gasteiger charge is -2.32. The fraction of sp³-hybridized carbons (Fsp3) is 0.643. The molecular weight excluding hydrogens is 290 g/mol. The fourth-order valence-electron chi connectivity index (χ4n) is 2.65. The van der Waals surface area contributed by atoms with Crippen LogP contribution in [-0.2, 0) is 4.79 Å². The molecule has 2 rings (SSSR count). The molecular formula is C14H21N3O3S.